The fraction of sp³-hybridized carbons (Fsp3) is 0.632. The molecule has 2 saturated heterocycles. The van der Waals surface area contributed by atoms with Crippen molar-refractivity contribution in [2.24, 2.45) is 0 Å². The minimum atomic E-state index is -4.70. The molecule has 1 unspecified atom stereocenters. The summed E-state index contributed by atoms with van der Waals surface area (Å²) in [4.78, 5) is 14.9. The molecule has 0 aliphatic carbocycles. The highest BCUT2D eigenvalue weighted by Crippen LogP contribution is 2.41. The first-order valence-corrected chi connectivity index (χ1v) is 9.48. The number of likely N-dealkylation sites (tertiary alicyclic amines) is 1. The molecule has 1 aromatic rings. The van der Waals surface area contributed by atoms with Crippen LogP contribution in [0.1, 0.15) is 37.7 Å². The molecule has 1 aromatic carbocycles. The number of hydrogen-bond donors (Lipinski definition) is 1. The predicted octanol–water partition coefficient (Wildman–Crippen LogP) is 3.69. The van der Waals surface area contributed by atoms with Crippen LogP contribution in [-0.4, -0.2) is 54.0 Å². The number of amides is 1. The molecule has 2 fully saturated rings. The summed E-state index contributed by atoms with van der Waals surface area (Å²) >= 11 is 6.12. The van der Waals surface area contributed by atoms with Crippen LogP contribution in [0.25, 0.3) is 0 Å². The molecule has 0 aromatic heterocycles. The molecule has 0 spiro atoms. The normalized spacial score (nSPS) is 26.5. The van der Waals surface area contributed by atoms with E-state index in [4.69, 9.17) is 16.3 Å². The Morgan fingerprint density at radius 3 is 2.48 bits per heavy atom. The first-order chi connectivity index (χ1) is 12.7. The summed E-state index contributed by atoms with van der Waals surface area (Å²) in [7, 11) is 0. The van der Waals surface area contributed by atoms with Gasteiger partial charge in [0.15, 0.2) is 5.60 Å². The van der Waals surface area contributed by atoms with Crippen LogP contribution in [0.2, 0.25) is 5.02 Å². The van der Waals surface area contributed by atoms with Gasteiger partial charge >= 0.3 is 6.18 Å². The Hall–Kier alpha value is -1.31. The van der Waals surface area contributed by atoms with Crippen molar-refractivity contribution in [3.8, 4) is 0 Å². The van der Waals surface area contributed by atoms with Gasteiger partial charge in [-0.05, 0) is 43.4 Å². The number of hydrogen-bond acceptors (Lipinski definition) is 3. The largest absolute Gasteiger partial charge is 0.417 e. The van der Waals surface area contributed by atoms with Gasteiger partial charge in [-0.15, -0.1) is 0 Å². The summed E-state index contributed by atoms with van der Waals surface area (Å²) in [5.74, 6) is -0.209. The Labute approximate surface area is 161 Å². The van der Waals surface area contributed by atoms with E-state index in [-0.39, 0.29) is 25.4 Å². The Kier molecular flexibility index (Phi) is 5.75. The lowest BCUT2D eigenvalue weighted by atomic mass is 9.73. The van der Waals surface area contributed by atoms with Crippen molar-refractivity contribution in [2.75, 3.05) is 26.3 Å². The highest BCUT2D eigenvalue weighted by molar-refractivity contribution is 6.30. The molecule has 1 amide bonds. The first kappa shape index (κ1) is 20.4. The summed E-state index contributed by atoms with van der Waals surface area (Å²) < 4.78 is 45.0. The van der Waals surface area contributed by atoms with E-state index in [1.807, 2.05) is 6.07 Å². The van der Waals surface area contributed by atoms with Crippen LogP contribution in [0.3, 0.4) is 0 Å². The molecule has 0 radical (unpaired) electrons. The van der Waals surface area contributed by atoms with Crippen LogP contribution in [-0.2, 0) is 14.9 Å². The van der Waals surface area contributed by atoms with Gasteiger partial charge in [0, 0.05) is 37.7 Å². The predicted molar refractivity (Wildman–Crippen MR) is 94.6 cm³/mol. The number of halogens is 4. The SMILES string of the molecule is O=C(N1CCCC(O)(C(F)(F)F)CC1)C1(c2cccc(Cl)c2)CCOCC1. The number of ether oxygens (including phenoxy) is 1. The second-order valence-electron chi connectivity index (χ2n) is 7.38. The van der Waals surface area contributed by atoms with E-state index in [0.29, 0.717) is 31.1 Å². The molecule has 4 nitrogen and oxygen atoms in total. The van der Waals surface area contributed by atoms with Crippen LogP contribution < -0.4 is 0 Å². The number of carbonyl (C=O) groups excluding carboxylic acids is 1. The van der Waals surface area contributed by atoms with Gasteiger partial charge in [0.25, 0.3) is 0 Å². The van der Waals surface area contributed by atoms with E-state index in [0.717, 1.165) is 5.56 Å². The molecule has 3 rings (SSSR count). The van der Waals surface area contributed by atoms with Crippen LogP contribution in [0.5, 0.6) is 0 Å². The Bertz CT molecular complexity index is 691. The van der Waals surface area contributed by atoms with E-state index >= 15 is 0 Å². The lowest BCUT2D eigenvalue weighted by molar-refractivity contribution is -0.263. The fourth-order valence-corrected chi connectivity index (χ4v) is 4.23. The number of aliphatic hydroxyl groups is 1. The molecule has 2 aliphatic rings. The third-order valence-corrected chi connectivity index (χ3v) is 6.00. The molecule has 8 heteroatoms. The quantitative estimate of drug-likeness (QED) is 0.816. The summed E-state index contributed by atoms with van der Waals surface area (Å²) in [6.45, 7) is 0.871. The van der Waals surface area contributed by atoms with Crippen LogP contribution in [0.15, 0.2) is 24.3 Å². The summed E-state index contributed by atoms with van der Waals surface area (Å²) in [5, 5.41) is 10.5. The number of alkyl halides is 3. The van der Waals surface area contributed by atoms with Gasteiger partial charge in [-0.1, -0.05) is 23.7 Å². The van der Waals surface area contributed by atoms with Crippen molar-refractivity contribution >= 4 is 17.5 Å². The zero-order valence-electron chi connectivity index (χ0n) is 14.9. The molecule has 1 atom stereocenters. The second kappa shape index (κ2) is 7.60. The van der Waals surface area contributed by atoms with Crippen molar-refractivity contribution < 1.29 is 27.8 Å². The Morgan fingerprint density at radius 1 is 1.15 bits per heavy atom. The molecular weight excluding hydrogens is 383 g/mol. The van der Waals surface area contributed by atoms with E-state index in [1.54, 1.807) is 18.2 Å². The third kappa shape index (κ3) is 3.96. The second-order valence-corrected chi connectivity index (χ2v) is 7.82. The summed E-state index contributed by atoms with van der Waals surface area (Å²) in [5.41, 5.74) is -2.83. The topological polar surface area (TPSA) is 49.8 Å². The maximum Gasteiger partial charge on any atom is 0.417 e. The summed E-state index contributed by atoms with van der Waals surface area (Å²) in [6, 6.07) is 7.07. The lowest BCUT2D eigenvalue weighted by Crippen LogP contribution is -2.51. The van der Waals surface area contributed by atoms with Crippen molar-refractivity contribution in [1.82, 2.24) is 4.90 Å². The first-order valence-electron chi connectivity index (χ1n) is 9.10. The number of rotatable bonds is 2. The molecule has 0 bridgehead atoms. The van der Waals surface area contributed by atoms with Crippen molar-refractivity contribution in [3.63, 3.8) is 0 Å². The smallest absolute Gasteiger partial charge is 0.381 e. The van der Waals surface area contributed by atoms with Gasteiger partial charge in [0.1, 0.15) is 0 Å². The minimum absolute atomic E-state index is 0.101. The van der Waals surface area contributed by atoms with Gasteiger partial charge in [-0.2, -0.15) is 13.2 Å². The highest BCUT2D eigenvalue weighted by atomic mass is 35.5. The van der Waals surface area contributed by atoms with Gasteiger partial charge in [-0.25, -0.2) is 0 Å². The average molecular weight is 406 g/mol. The van der Waals surface area contributed by atoms with Gasteiger partial charge in [0.05, 0.1) is 5.41 Å². The monoisotopic (exact) mass is 405 g/mol. The standard InChI is InChI=1S/C19H23ClF3NO3/c20-15-4-1-3-14(13-15)17(7-11-27-12-8-17)16(25)24-9-2-5-18(26,6-10-24)19(21,22)23/h1,3-4,13,26H,2,5-12H2. The average Bonchev–Trinajstić information content (AvgIpc) is 2.84. The van der Waals surface area contributed by atoms with Crippen molar-refractivity contribution in [2.45, 2.75) is 49.3 Å². The van der Waals surface area contributed by atoms with E-state index in [2.05, 4.69) is 0 Å². The molecular formula is C19H23ClF3NO3. The maximum absolute atomic E-state index is 13.5. The fourth-order valence-electron chi connectivity index (χ4n) is 4.04. The van der Waals surface area contributed by atoms with Gasteiger partial charge < -0.3 is 14.7 Å². The van der Waals surface area contributed by atoms with Gasteiger partial charge in [0.2, 0.25) is 5.91 Å². The van der Waals surface area contributed by atoms with E-state index in [1.165, 1.54) is 4.90 Å². The number of benzene rings is 1. The zero-order chi connectivity index (χ0) is 19.7. The summed E-state index contributed by atoms with van der Waals surface area (Å²) in [6.07, 6.45) is -4.60. The van der Waals surface area contributed by atoms with Crippen LogP contribution in [0.4, 0.5) is 13.2 Å². The molecule has 27 heavy (non-hydrogen) atoms. The third-order valence-electron chi connectivity index (χ3n) is 5.76. The van der Waals surface area contributed by atoms with Crippen LogP contribution >= 0.6 is 11.6 Å². The van der Waals surface area contributed by atoms with Crippen LogP contribution in [0, 0.1) is 0 Å². The molecule has 0 saturated carbocycles. The highest BCUT2D eigenvalue weighted by Gasteiger charge is 2.54. The molecule has 1 N–H and O–H groups in total. The molecule has 2 heterocycles. The van der Waals surface area contributed by atoms with E-state index < -0.39 is 30.0 Å². The Balaban J connectivity index is 1.87. The lowest BCUT2D eigenvalue weighted by Gasteiger charge is -2.40. The zero-order valence-corrected chi connectivity index (χ0v) is 15.7. The Morgan fingerprint density at radius 2 is 1.85 bits per heavy atom. The minimum Gasteiger partial charge on any atom is -0.381 e. The van der Waals surface area contributed by atoms with Crippen molar-refractivity contribution in [3.05, 3.63) is 34.9 Å². The van der Waals surface area contributed by atoms with Crippen molar-refractivity contribution in [1.29, 1.82) is 0 Å². The molecule has 2 aliphatic heterocycles. The number of carbonyl (C=O) groups is 1. The maximum atomic E-state index is 13.5. The van der Waals surface area contributed by atoms with E-state index in [9.17, 15) is 23.1 Å². The number of nitrogens with zero attached hydrogens (tertiary/aromatic N) is 1. The van der Waals surface area contributed by atoms with Gasteiger partial charge in [-0.3, -0.25) is 4.79 Å². The molecule has 150 valence electrons.